The van der Waals surface area contributed by atoms with Crippen molar-refractivity contribution in [3.63, 3.8) is 0 Å². The molecule has 6 nitrogen and oxygen atoms in total. The first-order valence-corrected chi connectivity index (χ1v) is 6.62. The topological polar surface area (TPSA) is 69.3 Å². The fourth-order valence-corrected chi connectivity index (χ4v) is 3.31. The van der Waals surface area contributed by atoms with E-state index in [1.807, 2.05) is 6.07 Å². The van der Waals surface area contributed by atoms with E-state index in [9.17, 15) is 8.42 Å². The molecule has 1 fully saturated rings. The molecule has 0 radical (unpaired) electrons. The zero-order chi connectivity index (χ0) is 11.8. The second-order valence-corrected chi connectivity index (χ2v) is 6.17. The van der Waals surface area contributed by atoms with E-state index in [4.69, 9.17) is 0 Å². The number of nitrogens with one attached hydrogen (secondary N) is 1. The van der Waals surface area contributed by atoms with Gasteiger partial charge >= 0.3 is 0 Å². The standard InChI is InChI=1S/C9H16N4O2S/c1-12(2)16(14,15)13-7-3-4-9(13)8-5-6-10-11-8/h5-6,9H,3-4,7H2,1-2H3,(H,10,11). The minimum absolute atomic E-state index is 0.102. The van der Waals surface area contributed by atoms with Gasteiger partial charge in [-0.2, -0.15) is 22.1 Å². The number of hydrogen-bond donors (Lipinski definition) is 1. The van der Waals surface area contributed by atoms with Gasteiger partial charge in [0, 0.05) is 26.8 Å². The molecule has 90 valence electrons. The molecule has 1 saturated heterocycles. The molecular formula is C9H16N4O2S. The van der Waals surface area contributed by atoms with Crippen LogP contribution in [-0.2, 0) is 10.2 Å². The molecular weight excluding hydrogens is 228 g/mol. The van der Waals surface area contributed by atoms with Crippen LogP contribution in [0.3, 0.4) is 0 Å². The molecule has 0 spiro atoms. The predicted octanol–water partition coefficient (Wildman–Crippen LogP) is 0.353. The number of H-pyrrole nitrogens is 1. The lowest BCUT2D eigenvalue weighted by Crippen LogP contribution is -2.39. The molecule has 1 aromatic rings. The van der Waals surface area contributed by atoms with Crippen molar-refractivity contribution in [1.82, 2.24) is 18.8 Å². The zero-order valence-corrected chi connectivity index (χ0v) is 10.2. The SMILES string of the molecule is CN(C)S(=O)(=O)N1CCCC1c1ccn[nH]1. The van der Waals surface area contributed by atoms with Crippen LogP contribution in [0.25, 0.3) is 0 Å². The van der Waals surface area contributed by atoms with Crippen molar-refractivity contribution in [3.8, 4) is 0 Å². The normalized spacial score (nSPS) is 23.1. The van der Waals surface area contributed by atoms with Gasteiger partial charge in [-0.25, -0.2) is 0 Å². The Balaban J connectivity index is 2.29. The highest BCUT2D eigenvalue weighted by molar-refractivity contribution is 7.86. The van der Waals surface area contributed by atoms with E-state index in [1.165, 1.54) is 8.61 Å². The molecule has 0 amide bonds. The van der Waals surface area contributed by atoms with E-state index in [1.54, 1.807) is 20.3 Å². The predicted molar refractivity (Wildman–Crippen MR) is 59.9 cm³/mol. The molecule has 0 bridgehead atoms. The second-order valence-electron chi connectivity index (χ2n) is 4.07. The van der Waals surface area contributed by atoms with E-state index in [0.29, 0.717) is 6.54 Å². The molecule has 1 aliphatic rings. The maximum Gasteiger partial charge on any atom is 0.282 e. The molecule has 0 aliphatic carbocycles. The summed E-state index contributed by atoms with van der Waals surface area (Å²) in [5.41, 5.74) is 0.864. The van der Waals surface area contributed by atoms with Crippen LogP contribution in [0.5, 0.6) is 0 Å². The number of hydrogen-bond acceptors (Lipinski definition) is 3. The Morgan fingerprint density at radius 3 is 2.88 bits per heavy atom. The van der Waals surface area contributed by atoms with Gasteiger partial charge in [0.1, 0.15) is 0 Å². The lowest BCUT2D eigenvalue weighted by atomic mass is 10.2. The highest BCUT2D eigenvalue weighted by Gasteiger charge is 2.36. The van der Waals surface area contributed by atoms with Crippen LogP contribution in [0, 0.1) is 0 Å². The summed E-state index contributed by atoms with van der Waals surface area (Å²) in [4.78, 5) is 0. The zero-order valence-electron chi connectivity index (χ0n) is 9.42. The first-order chi connectivity index (χ1) is 7.53. The molecule has 0 saturated carbocycles. The van der Waals surface area contributed by atoms with Gasteiger partial charge in [0.25, 0.3) is 10.2 Å². The molecule has 0 aromatic carbocycles. The van der Waals surface area contributed by atoms with Gasteiger partial charge in [0.2, 0.25) is 0 Å². The van der Waals surface area contributed by atoms with Crippen LogP contribution < -0.4 is 0 Å². The van der Waals surface area contributed by atoms with Gasteiger partial charge < -0.3 is 0 Å². The maximum absolute atomic E-state index is 12.1. The highest BCUT2D eigenvalue weighted by atomic mass is 32.2. The lowest BCUT2D eigenvalue weighted by molar-refractivity contribution is 0.358. The van der Waals surface area contributed by atoms with Gasteiger partial charge in [-0.1, -0.05) is 0 Å². The number of nitrogens with zero attached hydrogens (tertiary/aromatic N) is 3. The summed E-state index contributed by atoms with van der Waals surface area (Å²) >= 11 is 0. The van der Waals surface area contributed by atoms with E-state index < -0.39 is 10.2 Å². The van der Waals surface area contributed by atoms with E-state index in [2.05, 4.69) is 10.2 Å². The smallest absolute Gasteiger partial charge is 0.281 e. The third kappa shape index (κ3) is 1.85. The van der Waals surface area contributed by atoms with Crippen molar-refractivity contribution in [2.45, 2.75) is 18.9 Å². The highest BCUT2D eigenvalue weighted by Crippen LogP contribution is 2.33. The molecule has 2 heterocycles. The summed E-state index contributed by atoms with van der Waals surface area (Å²) < 4.78 is 26.9. The van der Waals surface area contributed by atoms with Crippen LogP contribution in [-0.4, -0.2) is 47.9 Å². The van der Waals surface area contributed by atoms with Crippen molar-refractivity contribution >= 4 is 10.2 Å². The average molecular weight is 244 g/mol. The van der Waals surface area contributed by atoms with Gasteiger partial charge in [-0.3, -0.25) is 5.10 Å². The van der Waals surface area contributed by atoms with Gasteiger partial charge in [0.05, 0.1) is 11.7 Å². The number of aromatic amines is 1. The van der Waals surface area contributed by atoms with Crippen LogP contribution in [0.4, 0.5) is 0 Å². The largest absolute Gasteiger partial charge is 0.282 e. The Labute approximate surface area is 95.4 Å². The Kier molecular flexibility index (Phi) is 3.00. The minimum atomic E-state index is -3.33. The molecule has 1 atom stereocenters. The first-order valence-electron chi connectivity index (χ1n) is 5.22. The van der Waals surface area contributed by atoms with Gasteiger partial charge in [-0.05, 0) is 18.9 Å². The Morgan fingerprint density at radius 1 is 1.56 bits per heavy atom. The fourth-order valence-electron chi connectivity index (χ4n) is 1.99. The fraction of sp³-hybridized carbons (Fsp3) is 0.667. The third-order valence-corrected chi connectivity index (χ3v) is 4.80. The molecule has 1 aliphatic heterocycles. The van der Waals surface area contributed by atoms with Crippen molar-refractivity contribution in [2.24, 2.45) is 0 Å². The quantitative estimate of drug-likeness (QED) is 0.834. The Bertz CT molecular complexity index is 440. The maximum atomic E-state index is 12.1. The van der Waals surface area contributed by atoms with E-state index >= 15 is 0 Å². The number of rotatable bonds is 3. The molecule has 1 aromatic heterocycles. The van der Waals surface area contributed by atoms with Gasteiger partial charge in [-0.15, -0.1) is 0 Å². The van der Waals surface area contributed by atoms with E-state index in [0.717, 1.165) is 18.5 Å². The summed E-state index contributed by atoms with van der Waals surface area (Å²) in [5.74, 6) is 0. The van der Waals surface area contributed by atoms with Crippen molar-refractivity contribution < 1.29 is 8.42 Å². The molecule has 1 N–H and O–H groups in total. The molecule has 7 heteroatoms. The summed E-state index contributed by atoms with van der Waals surface area (Å²) in [7, 11) is -0.226. The summed E-state index contributed by atoms with van der Waals surface area (Å²) in [6.07, 6.45) is 3.38. The Morgan fingerprint density at radius 2 is 2.31 bits per heavy atom. The van der Waals surface area contributed by atoms with Crippen molar-refractivity contribution in [3.05, 3.63) is 18.0 Å². The number of aromatic nitrogens is 2. The van der Waals surface area contributed by atoms with Crippen molar-refractivity contribution in [1.29, 1.82) is 0 Å². The second kappa shape index (κ2) is 4.15. The van der Waals surface area contributed by atoms with Crippen LogP contribution in [0.15, 0.2) is 12.3 Å². The molecule has 16 heavy (non-hydrogen) atoms. The molecule has 2 rings (SSSR count). The van der Waals surface area contributed by atoms with E-state index in [-0.39, 0.29) is 6.04 Å². The summed E-state index contributed by atoms with van der Waals surface area (Å²) in [5, 5.41) is 6.71. The first kappa shape index (κ1) is 11.6. The monoisotopic (exact) mass is 244 g/mol. The van der Waals surface area contributed by atoms with Crippen LogP contribution in [0.1, 0.15) is 24.6 Å². The lowest BCUT2D eigenvalue weighted by Gasteiger charge is -2.26. The van der Waals surface area contributed by atoms with Gasteiger partial charge in [0.15, 0.2) is 0 Å². The van der Waals surface area contributed by atoms with Crippen molar-refractivity contribution in [2.75, 3.05) is 20.6 Å². The summed E-state index contributed by atoms with van der Waals surface area (Å²) in [6.45, 7) is 0.574. The Hall–Kier alpha value is -0.920. The van der Waals surface area contributed by atoms with Crippen LogP contribution >= 0.6 is 0 Å². The molecule has 1 unspecified atom stereocenters. The average Bonchev–Trinajstić information content (AvgIpc) is 2.88. The third-order valence-electron chi connectivity index (χ3n) is 2.84. The van der Waals surface area contributed by atoms with Crippen LogP contribution in [0.2, 0.25) is 0 Å². The summed E-state index contributed by atoms with van der Waals surface area (Å²) in [6, 6.07) is 1.73. The minimum Gasteiger partial charge on any atom is -0.281 e.